The van der Waals surface area contributed by atoms with Crippen LogP contribution in [0, 0.1) is 0 Å². The van der Waals surface area contributed by atoms with Crippen LogP contribution in [0.25, 0.3) is 5.65 Å². The molecule has 6 nitrogen and oxygen atoms in total. The van der Waals surface area contributed by atoms with Crippen molar-refractivity contribution in [2.75, 3.05) is 5.75 Å². The van der Waals surface area contributed by atoms with Gasteiger partial charge >= 0.3 is 0 Å². The molecule has 2 aromatic heterocycles. The van der Waals surface area contributed by atoms with Gasteiger partial charge in [0.25, 0.3) is 0 Å². The first-order valence-electron chi connectivity index (χ1n) is 5.33. The molecule has 92 valence electrons. The summed E-state index contributed by atoms with van der Waals surface area (Å²) in [7, 11) is -3.24. The molecule has 0 aliphatic carbocycles. The number of sulfonamides is 1. The highest BCUT2D eigenvalue weighted by Crippen LogP contribution is 2.12. The third-order valence-corrected chi connectivity index (χ3v) is 3.94. The van der Waals surface area contributed by atoms with Crippen molar-refractivity contribution in [1.82, 2.24) is 19.3 Å². The van der Waals surface area contributed by atoms with Crippen molar-refractivity contribution in [2.24, 2.45) is 0 Å². The summed E-state index contributed by atoms with van der Waals surface area (Å²) in [5.41, 5.74) is 0.699. The Morgan fingerprint density at radius 1 is 1.41 bits per heavy atom. The number of nitrogens with zero attached hydrogens (tertiary/aromatic N) is 3. The molecule has 2 aromatic rings. The highest BCUT2D eigenvalue weighted by molar-refractivity contribution is 7.89. The van der Waals surface area contributed by atoms with Crippen LogP contribution in [-0.2, 0) is 10.0 Å². The third-order valence-electron chi connectivity index (χ3n) is 2.46. The third kappa shape index (κ3) is 2.45. The number of hydrogen-bond donors (Lipinski definition) is 1. The normalized spacial score (nSPS) is 14.0. The van der Waals surface area contributed by atoms with Crippen molar-refractivity contribution in [3.8, 4) is 0 Å². The summed E-state index contributed by atoms with van der Waals surface area (Å²) >= 11 is 0. The predicted molar refractivity (Wildman–Crippen MR) is 64.0 cm³/mol. The van der Waals surface area contributed by atoms with Crippen LogP contribution in [0.2, 0.25) is 0 Å². The maximum Gasteiger partial charge on any atom is 0.211 e. The van der Waals surface area contributed by atoms with Gasteiger partial charge in [-0.15, -0.1) is 10.2 Å². The zero-order valence-corrected chi connectivity index (χ0v) is 10.5. The van der Waals surface area contributed by atoms with Crippen molar-refractivity contribution >= 4 is 15.7 Å². The minimum absolute atomic E-state index is 0.0497. The molecule has 0 radical (unpaired) electrons. The van der Waals surface area contributed by atoms with Crippen molar-refractivity contribution in [3.05, 3.63) is 30.2 Å². The fraction of sp³-hybridized carbons (Fsp3) is 0.400. The highest BCUT2D eigenvalue weighted by Gasteiger charge is 2.18. The average Bonchev–Trinajstić information content (AvgIpc) is 2.72. The average molecular weight is 254 g/mol. The van der Waals surface area contributed by atoms with E-state index in [1.54, 1.807) is 24.4 Å². The minimum atomic E-state index is -3.24. The Hall–Kier alpha value is -1.47. The van der Waals surface area contributed by atoms with Gasteiger partial charge in [-0.05, 0) is 26.0 Å². The van der Waals surface area contributed by atoms with E-state index < -0.39 is 16.1 Å². The van der Waals surface area contributed by atoms with Gasteiger partial charge in [-0.3, -0.25) is 4.40 Å². The fourth-order valence-corrected chi connectivity index (χ4v) is 2.37. The van der Waals surface area contributed by atoms with Gasteiger partial charge in [0, 0.05) is 6.20 Å². The predicted octanol–water partition coefficient (Wildman–Crippen LogP) is 0.730. The first-order chi connectivity index (χ1) is 8.03. The van der Waals surface area contributed by atoms with Gasteiger partial charge in [0.05, 0.1) is 11.8 Å². The molecule has 17 heavy (non-hydrogen) atoms. The topological polar surface area (TPSA) is 76.4 Å². The van der Waals surface area contributed by atoms with E-state index in [0.717, 1.165) is 0 Å². The second-order valence-corrected chi connectivity index (χ2v) is 5.77. The molecule has 0 saturated heterocycles. The van der Waals surface area contributed by atoms with Crippen LogP contribution in [0.15, 0.2) is 24.4 Å². The highest BCUT2D eigenvalue weighted by atomic mass is 32.2. The number of pyridine rings is 1. The lowest BCUT2D eigenvalue weighted by Crippen LogP contribution is -2.29. The van der Waals surface area contributed by atoms with E-state index in [9.17, 15) is 8.42 Å². The lowest BCUT2D eigenvalue weighted by molar-refractivity contribution is 0.559. The molecule has 0 aromatic carbocycles. The lowest BCUT2D eigenvalue weighted by atomic mass is 10.3. The summed E-state index contributed by atoms with van der Waals surface area (Å²) in [6.45, 7) is 3.34. The van der Waals surface area contributed by atoms with Crippen molar-refractivity contribution in [1.29, 1.82) is 0 Å². The smallest absolute Gasteiger partial charge is 0.211 e. The van der Waals surface area contributed by atoms with Gasteiger partial charge in [0.1, 0.15) is 0 Å². The molecule has 0 amide bonds. The van der Waals surface area contributed by atoms with E-state index in [1.165, 1.54) is 0 Å². The number of nitrogens with one attached hydrogen (secondary N) is 1. The Labute approximate surface area is 99.7 Å². The summed E-state index contributed by atoms with van der Waals surface area (Å²) in [5.74, 6) is 0.631. The van der Waals surface area contributed by atoms with Crippen LogP contribution in [0.1, 0.15) is 25.7 Å². The first kappa shape index (κ1) is 12.0. The second-order valence-electron chi connectivity index (χ2n) is 3.73. The van der Waals surface area contributed by atoms with Gasteiger partial charge in [-0.25, -0.2) is 13.1 Å². The number of rotatable bonds is 4. The fourth-order valence-electron chi connectivity index (χ4n) is 1.56. The van der Waals surface area contributed by atoms with Crippen LogP contribution in [0.5, 0.6) is 0 Å². The second kappa shape index (κ2) is 4.42. The van der Waals surface area contributed by atoms with Gasteiger partial charge in [-0.1, -0.05) is 6.07 Å². The number of fused-ring (bicyclic) bond motifs is 1. The van der Waals surface area contributed by atoms with E-state index in [-0.39, 0.29) is 5.75 Å². The lowest BCUT2D eigenvalue weighted by Gasteiger charge is -2.11. The molecule has 0 fully saturated rings. The van der Waals surface area contributed by atoms with Gasteiger partial charge in [0.15, 0.2) is 11.5 Å². The van der Waals surface area contributed by atoms with E-state index in [1.807, 2.05) is 18.2 Å². The van der Waals surface area contributed by atoms with E-state index in [4.69, 9.17) is 0 Å². The molecule has 0 spiro atoms. The van der Waals surface area contributed by atoms with Crippen LogP contribution >= 0.6 is 0 Å². The molecule has 0 unspecified atom stereocenters. The summed E-state index contributed by atoms with van der Waals surface area (Å²) in [6, 6.07) is 5.12. The molecule has 7 heteroatoms. The Balaban J connectivity index is 2.34. The number of aromatic nitrogens is 3. The van der Waals surface area contributed by atoms with Gasteiger partial charge < -0.3 is 0 Å². The minimum Gasteiger partial charge on any atom is -0.285 e. The summed E-state index contributed by atoms with van der Waals surface area (Å²) < 4.78 is 27.3. The zero-order valence-electron chi connectivity index (χ0n) is 9.66. The molecule has 1 N–H and O–H groups in total. The Bertz CT molecular complexity index is 620. The standard InChI is InChI=1S/C10H14N4O2S/c1-3-17(15,16)13-8(2)10-12-11-9-6-4-5-7-14(9)10/h4-8,13H,3H2,1-2H3/t8-/m0/s1. The molecule has 1 atom stereocenters. The quantitative estimate of drug-likeness (QED) is 0.872. The van der Waals surface area contributed by atoms with Crippen LogP contribution in [-0.4, -0.2) is 28.8 Å². The van der Waals surface area contributed by atoms with Crippen molar-refractivity contribution < 1.29 is 8.42 Å². The Kier molecular flexibility index (Phi) is 3.12. The maximum absolute atomic E-state index is 11.5. The summed E-state index contributed by atoms with van der Waals surface area (Å²) in [6.07, 6.45) is 1.81. The van der Waals surface area contributed by atoms with Crippen LogP contribution in [0.4, 0.5) is 0 Å². The zero-order chi connectivity index (χ0) is 12.5. The van der Waals surface area contributed by atoms with E-state index in [2.05, 4.69) is 14.9 Å². The molecule has 0 bridgehead atoms. The Morgan fingerprint density at radius 3 is 2.88 bits per heavy atom. The monoisotopic (exact) mass is 254 g/mol. The SMILES string of the molecule is CCS(=O)(=O)N[C@@H](C)c1nnc2ccccn12. The maximum atomic E-state index is 11.5. The Morgan fingerprint density at radius 2 is 2.18 bits per heavy atom. The number of hydrogen-bond acceptors (Lipinski definition) is 4. The molecule has 0 aliphatic heterocycles. The molecule has 2 heterocycles. The molecular formula is C10H14N4O2S. The van der Waals surface area contributed by atoms with Crippen LogP contribution < -0.4 is 4.72 Å². The molecule has 0 aliphatic rings. The molecular weight excluding hydrogens is 240 g/mol. The summed E-state index contributed by atoms with van der Waals surface area (Å²) in [5, 5.41) is 7.97. The largest absolute Gasteiger partial charge is 0.285 e. The van der Waals surface area contributed by atoms with Crippen molar-refractivity contribution in [2.45, 2.75) is 19.9 Å². The van der Waals surface area contributed by atoms with E-state index in [0.29, 0.717) is 11.5 Å². The van der Waals surface area contributed by atoms with Crippen LogP contribution in [0.3, 0.4) is 0 Å². The van der Waals surface area contributed by atoms with Gasteiger partial charge in [-0.2, -0.15) is 0 Å². The van der Waals surface area contributed by atoms with Gasteiger partial charge in [0.2, 0.25) is 10.0 Å². The van der Waals surface area contributed by atoms with Crippen molar-refractivity contribution in [3.63, 3.8) is 0 Å². The van der Waals surface area contributed by atoms with E-state index >= 15 is 0 Å². The molecule has 2 rings (SSSR count). The molecule has 0 saturated carbocycles. The first-order valence-corrected chi connectivity index (χ1v) is 6.98. The summed E-state index contributed by atoms with van der Waals surface area (Å²) in [4.78, 5) is 0.